The average Bonchev–Trinajstić information content (AvgIpc) is 2.39. The Balaban J connectivity index is 2.27. The first kappa shape index (κ1) is 12.0. The Bertz CT molecular complexity index is 484. The van der Waals surface area contributed by atoms with Crippen LogP contribution in [0.5, 0.6) is 0 Å². The van der Waals surface area contributed by atoms with Crippen LogP contribution >= 0.6 is 0 Å². The molecule has 0 aliphatic rings. The molecule has 2 aromatic rings. The molecule has 0 fully saturated rings. The molecular weight excluding hydrogens is 212 g/mol. The van der Waals surface area contributed by atoms with Crippen molar-refractivity contribution >= 4 is 10.9 Å². The van der Waals surface area contributed by atoms with Crippen molar-refractivity contribution in [2.75, 3.05) is 20.3 Å². The van der Waals surface area contributed by atoms with Gasteiger partial charge < -0.3 is 10.1 Å². The molecule has 1 aromatic heterocycles. The molecule has 0 spiro atoms. The first-order valence-electron chi connectivity index (χ1n) is 5.96. The van der Waals surface area contributed by atoms with Crippen molar-refractivity contribution in [2.45, 2.75) is 13.0 Å². The molecule has 1 heterocycles. The van der Waals surface area contributed by atoms with Gasteiger partial charge in [0.2, 0.25) is 0 Å². The van der Waals surface area contributed by atoms with E-state index in [2.05, 4.69) is 28.5 Å². The molecule has 0 saturated heterocycles. The predicted molar refractivity (Wildman–Crippen MR) is 70.0 cm³/mol. The number of nitrogens with one attached hydrogen (secondary N) is 1. The van der Waals surface area contributed by atoms with Crippen LogP contribution in [-0.4, -0.2) is 25.2 Å². The lowest BCUT2D eigenvalue weighted by atomic mass is 10.1. The fraction of sp³-hybridized carbons (Fsp3) is 0.357. The number of hydrogen-bond acceptors (Lipinski definition) is 3. The third kappa shape index (κ3) is 2.81. The largest absolute Gasteiger partial charge is 0.380 e. The molecule has 17 heavy (non-hydrogen) atoms. The normalized spacial score (nSPS) is 12.8. The molecule has 3 nitrogen and oxygen atoms in total. The van der Waals surface area contributed by atoms with Crippen molar-refractivity contribution < 1.29 is 4.74 Å². The Morgan fingerprint density at radius 3 is 2.82 bits per heavy atom. The van der Waals surface area contributed by atoms with Crippen LogP contribution < -0.4 is 5.32 Å². The molecule has 0 aliphatic heterocycles. The van der Waals surface area contributed by atoms with Gasteiger partial charge in [0.05, 0.1) is 23.9 Å². The van der Waals surface area contributed by atoms with Crippen LogP contribution in [0, 0.1) is 0 Å². The quantitative estimate of drug-likeness (QED) is 0.857. The number of pyridine rings is 1. The van der Waals surface area contributed by atoms with Crippen LogP contribution in [-0.2, 0) is 4.74 Å². The summed E-state index contributed by atoms with van der Waals surface area (Å²) in [5.74, 6) is 0. The lowest BCUT2D eigenvalue weighted by molar-refractivity contribution is 0.124. The molecule has 3 heteroatoms. The van der Waals surface area contributed by atoms with Crippen molar-refractivity contribution in [2.24, 2.45) is 0 Å². The highest BCUT2D eigenvalue weighted by Crippen LogP contribution is 2.16. The summed E-state index contributed by atoms with van der Waals surface area (Å²) in [5, 5.41) is 4.40. The maximum Gasteiger partial charge on any atom is 0.0730 e. The maximum absolute atomic E-state index is 5.45. The van der Waals surface area contributed by atoms with Crippen molar-refractivity contribution in [1.82, 2.24) is 10.3 Å². The number of benzene rings is 1. The number of hydrogen-bond donors (Lipinski definition) is 1. The molecule has 1 atom stereocenters. The van der Waals surface area contributed by atoms with E-state index in [4.69, 9.17) is 4.74 Å². The lowest BCUT2D eigenvalue weighted by Gasteiger charge is -2.15. The molecule has 0 bridgehead atoms. The summed E-state index contributed by atoms with van der Waals surface area (Å²) < 4.78 is 5.45. The fourth-order valence-electron chi connectivity index (χ4n) is 1.83. The monoisotopic (exact) mass is 230 g/mol. The Kier molecular flexibility index (Phi) is 4.07. The third-order valence-corrected chi connectivity index (χ3v) is 2.81. The molecule has 90 valence electrons. The average molecular weight is 230 g/mol. The second-order valence-corrected chi connectivity index (χ2v) is 3.93. The SMILES string of the molecule is CCOCC(NC)c1ccc2ccccc2n1. The molecule has 1 N–H and O–H groups in total. The van der Waals surface area contributed by atoms with Crippen LogP contribution in [0.25, 0.3) is 10.9 Å². The van der Waals surface area contributed by atoms with Crippen molar-refractivity contribution in [3.05, 3.63) is 42.1 Å². The van der Waals surface area contributed by atoms with E-state index in [0.29, 0.717) is 6.61 Å². The van der Waals surface area contributed by atoms with E-state index in [-0.39, 0.29) is 6.04 Å². The van der Waals surface area contributed by atoms with Crippen LogP contribution in [0.3, 0.4) is 0 Å². The highest BCUT2D eigenvalue weighted by Gasteiger charge is 2.10. The third-order valence-electron chi connectivity index (χ3n) is 2.81. The zero-order valence-electron chi connectivity index (χ0n) is 10.3. The van der Waals surface area contributed by atoms with Crippen LogP contribution in [0.1, 0.15) is 18.7 Å². The van der Waals surface area contributed by atoms with E-state index in [9.17, 15) is 0 Å². The van der Waals surface area contributed by atoms with Gasteiger partial charge in [0, 0.05) is 12.0 Å². The van der Waals surface area contributed by atoms with Gasteiger partial charge in [0.1, 0.15) is 0 Å². The summed E-state index contributed by atoms with van der Waals surface area (Å²) in [7, 11) is 1.93. The lowest BCUT2D eigenvalue weighted by Crippen LogP contribution is -2.22. The van der Waals surface area contributed by atoms with E-state index in [0.717, 1.165) is 17.8 Å². The highest BCUT2D eigenvalue weighted by atomic mass is 16.5. The van der Waals surface area contributed by atoms with E-state index in [1.54, 1.807) is 0 Å². The molecular formula is C14H18N2O. The Labute approximate surface area is 102 Å². The minimum Gasteiger partial charge on any atom is -0.380 e. The standard InChI is InChI=1S/C14H18N2O/c1-3-17-10-14(15-2)13-9-8-11-6-4-5-7-12(11)16-13/h4-9,14-15H,3,10H2,1-2H3. The first-order chi connectivity index (χ1) is 8.35. The van der Waals surface area contributed by atoms with Gasteiger partial charge in [-0.25, -0.2) is 0 Å². The van der Waals surface area contributed by atoms with Crippen molar-refractivity contribution in [1.29, 1.82) is 0 Å². The molecule has 0 amide bonds. The van der Waals surface area contributed by atoms with Crippen LogP contribution in [0.4, 0.5) is 0 Å². The van der Waals surface area contributed by atoms with E-state index >= 15 is 0 Å². The van der Waals surface area contributed by atoms with E-state index in [1.165, 1.54) is 5.39 Å². The molecule has 1 unspecified atom stereocenters. The van der Waals surface area contributed by atoms with Crippen LogP contribution in [0.2, 0.25) is 0 Å². The van der Waals surface area contributed by atoms with E-state index < -0.39 is 0 Å². The number of nitrogens with zero attached hydrogens (tertiary/aromatic N) is 1. The number of aromatic nitrogens is 1. The Hall–Kier alpha value is -1.45. The summed E-state index contributed by atoms with van der Waals surface area (Å²) in [6.45, 7) is 3.38. The Morgan fingerprint density at radius 1 is 1.24 bits per heavy atom. The zero-order valence-corrected chi connectivity index (χ0v) is 10.3. The Morgan fingerprint density at radius 2 is 2.06 bits per heavy atom. The summed E-state index contributed by atoms with van der Waals surface area (Å²) in [4.78, 5) is 4.66. The van der Waals surface area contributed by atoms with Gasteiger partial charge in [0.25, 0.3) is 0 Å². The summed E-state index contributed by atoms with van der Waals surface area (Å²) >= 11 is 0. The van der Waals surface area contributed by atoms with Gasteiger partial charge in [-0.3, -0.25) is 4.98 Å². The van der Waals surface area contributed by atoms with Gasteiger partial charge in [-0.2, -0.15) is 0 Å². The second-order valence-electron chi connectivity index (χ2n) is 3.93. The smallest absolute Gasteiger partial charge is 0.0730 e. The number of ether oxygens (including phenoxy) is 1. The van der Waals surface area contributed by atoms with E-state index in [1.807, 2.05) is 32.2 Å². The second kappa shape index (κ2) is 5.75. The molecule has 0 saturated carbocycles. The first-order valence-corrected chi connectivity index (χ1v) is 5.96. The van der Waals surface area contributed by atoms with Crippen molar-refractivity contribution in [3.8, 4) is 0 Å². The number of para-hydroxylation sites is 1. The molecule has 2 rings (SSSR count). The predicted octanol–water partition coefficient (Wildman–Crippen LogP) is 2.53. The molecule has 0 radical (unpaired) electrons. The van der Waals surface area contributed by atoms with Crippen LogP contribution in [0.15, 0.2) is 36.4 Å². The van der Waals surface area contributed by atoms with Gasteiger partial charge >= 0.3 is 0 Å². The summed E-state index contributed by atoms with van der Waals surface area (Å²) in [5.41, 5.74) is 2.06. The number of likely N-dealkylation sites (N-methyl/N-ethyl adjacent to an activating group) is 1. The minimum absolute atomic E-state index is 0.152. The number of fused-ring (bicyclic) bond motifs is 1. The fourth-order valence-corrected chi connectivity index (χ4v) is 1.83. The van der Waals surface area contributed by atoms with Crippen molar-refractivity contribution in [3.63, 3.8) is 0 Å². The molecule has 1 aromatic carbocycles. The van der Waals surface area contributed by atoms with Gasteiger partial charge in [0.15, 0.2) is 0 Å². The summed E-state index contributed by atoms with van der Waals surface area (Å²) in [6.07, 6.45) is 0. The maximum atomic E-state index is 5.45. The number of rotatable bonds is 5. The minimum atomic E-state index is 0.152. The summed E-state index contributed by atoms with van der Waals surface area (Å²) in [6, 6.07) is 12.5. The van der Waals surface area contributed by atoms with Gasteiger partial charge in [-0.15, -0.1) is 0 Å². The highest BCUT2D eigenvalue weighted by molar-refractivity contribution is 5.78. The van der Waals surface area contributed by atoms with Gasteiger partial charge in [-0.05, 0) is 26.1 Å². The molecule has 0 aliphatic carbocycles. The zero-order chi connectivity index (χ0) is 12.1. The topological polar surface area (TPSA) is 34.1 Å². The van der Waals surface area contributed by atoms with Gasteiger partial charge in [-0.1, -0.05) is 24.3 Å².